The molecule has 70 valence electrons. The first-order chi connectivity index (χ1) is 4.88. The molecule has 1 aromatic rings. The van der Waals surface area contributed by atoms with Crippen molar-refractivity contribution in [1.82, 2.24) is 4.98 Å². The van der Waals surface area contributed by atoms with E-state index in [0.29, 0.717) is 6.54 Å². The fourth-order valence-corrected chi connectivity index (χ4v) is 0.828. The van der Waals surface area contributed by atoms with Crippen LogP contribution in [0.2, 0.25) is 0 Å². The normalized spacial score (nSPS) is 7.83. The predicted molar refractivity (Wildman–Crippen MR) is 56.2 cm³/mol. The lowest BCUT2D eigenvalue weighted by atomic mass is 10.2. The molecule has 3 N–H and O–H groups in total. The lowest BCUT2D eigenvalue weighted by molar-refractivity contribution is 1.05. The van der Waals surface area contributed by atoms with E-state index in [1.54, 1.807) is 6.20 Å². The largest absolute Gasteiger partial charge is 0.373 e. The molecule has 0 fully saturated rings. The van der Waals surface area contributed by atoms with Crippen LogP contribution in [-0.2, 0) is 6.54 Å². The van der Waals surface area contributed by atoms with Gasteiger partial charge in [0.05, 0.1) is 0 Å². The van der Waals surface area contributed by atoms with Crippen molar-refractivity contribution in [3.63, 3.8) is 0 Å². The second-order valence-electron chi connectivity index (χ2n) is 1.97. The van der Waals surface area contributed by atoms with Crippen molar-refractivity contribution >= 4 is 30.6 Å². The molecule has 0 aliphatic carbocycles. The van der Waals surface area contributed by atoms with Crippen molar-refractivity contribution in [3.05, 3.63) is 23.9 Å². The Labute approximate surface area is 84.6 Å². The molecule has 1 aromatic heterocycles. The average Bonchev–Trinajstić information content (AvgIpc) is 2.04. The Morgan fingerprint density at radius 3 is 2.58 bits per heavy atom. The van der Waals surface area contributed by atoms with Crippen molar-refractivity contribution in [2.45, 2.75) is 6.54 Å². The second kappa shape index (κ2) is 7.16. The average molecular weight is 210 g/mol. The third kappa shape index (κ3) is 3.26. The predicted octanol–water partition coefficient (Wildman–Crippen LogP) is 1.43. The lowest BCUT2D eigenvalue weighted by Crippen LogP contribution is -2.02. The quantitative estimate of drug-likeness (QED) is 0.776. The summed E-state index contributed by atoms with van der Waals surface area (Å²) in [5, 5.41) is 2.96. The van der Waals surface area contributed by atoms with Crippen molar-refractivity contribution in [1.29, 1.82) is 0 Å². The number of hydrogen-bond acceptors (Lipinski definition) is 3. The van der Waals surface area contributed by atoms with E-state index in [1.807, 2.05) is 19.2 Å². The van der Waals surface area contributed by atoms with Gasteiger partial charge in [0.15, 0.2) is 0 Å². The Morgan fingerprint density at radius 1 is 1.50 bits per heavy atom. The van der Waals surface area contributed by atoms with Gasteiger partial charge in [0.25, 0.3) is 0 Å². The van der Waals surface area contributed by atoms with Crippen LogP contribution < -0.4 is 11.1 Å². The molecule has 0 aromatic carbocycles. The van der Waals surface area contributed by atoms with Gasteiger partial charge >= 0.3 is 0 Å². The third-order valence-electron chi connectivity index (χ3n) is 1.35. The number of nitrogens with two attached hydrogens (primary N) is 1. The summed E-state index contributed by atoms with van der Waals surface area (Å²) in [6.07, 6.45) is 1.74. The van der Waals surface area contributed by atoms with Gasteiger partial charge in [-0.05, 0) is 6.07 Å². The molecule has 0 aliphatic rings. The number of hydrogen-bond donors (Lipinski definition) is 2. The molecule has 0 radical (unpaired) electrons. The molecule has 0 aliphatic heterocycles. The first-order valence-electron chi connectivity index (χ1n) is 3.20. The minimum absolute atomic E-state index is 0. The maximum absolute atomic E-state index is 5.45. The Balaban J connectivity index is 0. The summed E-state index contributed by atoms with van der Waals surface area (Å²) in [6, 6.07) is 3.84. The molecule has 0 atom stereocenters. The number of nitrogens with one attached hydrogen (secondary N) is 1. The standard InChI is InChI=1S/C7H11N3.2ClH/c1-9-7-6(5-8)3-2-4-10-7;;/h2-4H,5,8H2,1H3,(H,9,10);2*1H. The van der Waals surface area contributed by atoms with Crippen LogP contribution in [0.4, 0.5) is 5.82 Å². The molecule has 0 spiro atoms. The van der Waals surface area contributed by atoms with E-state index in [9.17, 15) is 0 Å². The van der Waals surface area contributed by atoms with Gasteiger partial charge < -0.3 is 11.1 Å². The van der Waals surface area contributed by atoms with E-state index < -0.39 is 0 Å². The van der Waals surface area contributed by atoms with Crippen LogP contribution in [0.3, 0.4) is 0 Å². The summed E-state index contributed by atoms with van der Waals surface area (Å²) in [7, 11) is 1.83. The molecule has 1 heterocycles. The lowest BCUT2D eigenvalue weighted by Gasteiger charge is -2.03. The van der Waals surface area contributed by atoms with Crippen LogP contribution in [0.15, 0.2) is 18.3 Å². The van der Waals surface area contributed by atoms with Gasteiger partial charge in [0.2, 0.25) is 0 Å². The minimum atomic E-state index is 0. The zero-order valence-corrected chi connectivity index (χ0v) is 8.41. The van der Waals surface area contributed by atoms with Crippen LogP contribution in [0.1, 0.15) is 5.56 Å². The highest BCUT2D eigenvalue weighted by Crippen LogP contribution is 2.07. The summed E-state index contributed by atoms with van der Waals surface area (Å²) < 4.78 is 0. The van der Waals surface area contributed by atoms with E-state index in [0.717, 1.165) is 11.4 Å². The zero-order chi connectivity index (χ0) is 7.40. The van der Waals surface area contributed by atoms with Crippen LogP contribution in [0, 0.1) is 0 Å². The zero-order valence-electron chi connectivity index (χ0n) is 6.78. The van der Waals surface area contributed by atoms with Gasteiger partial charge in [-0.2, -0.15) is 0 Å². The van der Waals surface area contributed by atoms with E-state index in [1.165, 1.54) is 0 Å². The van der Waals surface area contributed by atoms with Gasteiger partial charge in [0, 0.05) is 25.4 Å². The topological polar surface area (TPSA) is 50.9 Å². The fraction of sp³-hybridized carbons (Fsp3) is 0.286. The van der Waals surface area contributed by atoms with Gasteiger partial charge in [-0.25, -0.2) is 4.98 Å². The van der Waals surface area contributed by atoms with Crippen LogP contribution in [-0.4, -0.2) is 12.0 Å². The molecule has 1 rings (SSSR count). The molecule has 0 unspecified atom stereocenters. The van der Waals surface area contributed by atoms with Crippen LogP contribution in [0.5, 0.6) is 0 Å². The van der Waals surface area contributed by atoms with Crippen molar-refractivity contribution in [2.24, 2.45) is 5.73 Å². The van der Waals surface area contributed by atoms with E-state index in [-0.39, 0.29) is 24.8 Å². The first kappa shape index (κ1) is 14.0. The number of anilines is 1. The molecule has 0 bridgehead atoms. The number of halogens is 2. The summed E-state index contributed by atoms with van der Waals surface area (Å²) in [6.45, 7) is 0.532. The van der Waals surface area contributed by atoms with Gasteiger partial charge in [-0.15, -0.1) is 24.8 Å². The Bertz CT molecular complexity index is 195. The van der Waals surface area contributed by atoms with E-state index in [2.05, 4.69) is 10.3 Å². The van der Waals surface area contributed by atoms with Gasteiger partial charge in [0.1, 0.15) is 5.82 Å². The Hall–Kier alpha value is -0.510. The molecule has 5 heteroatoms. The van der Waals surface area contributed by atoms with Crippen molar-refractivity contribution in [2.75, 3.05) is 12.4 Å². The van der Waals surface area contributed by atoms with E-state index in [4.69, 9.17) is 5.73 Å². The highest BCUT2D eigenvalue weighted by Gasteiger charge is 1.95. The summed E-state index contributed by atoms with van der Waals surface area (Å²) in [5.74, 6) is 0.866. The van der Waals surface area contributed by atoms with Crippen molar-refractivity contribution in [3.8, 4) is 0 Å². The van der Waals surface area contributed by atoms with Gasteiger partial charge in [-0.3, -0.25) is 0 Å². The molecule has 12 heavy (non-hydrogen) atoms. The highest BCUT2D eigenvalue weighted by molar-refractivity contribution is 5.85. The highest BCUT2D eigenvalue weighted by atomic mass is 35.5. The van der Waals surface area contributed by atoms with Gasteiger partial charge in [-0.1, -0.05) is 6.07 Å². The maximum Gasteiger partial charge on any atom is 0.130 e. The first-order valence-corrected chi connectivity index (χ1v) is 3.20. The van der Waals surface area contributed by atoms with E-state index >= 15 is 0 Å². The molecule has 3 nitrogen and oxygen atoms in total. The molecule has 0 amide bonds. The smallest absolute Gasteiger partial charge is 0.130 e. The fourth-order valence-electron chi connectivity index (χ4n) is 0.828. The molecule has 0 saturated heterocycles. The molecule has 0 saturated carbocycles. The SMILES string of the molecule is CNc1ncccc1CN.Cl.Cl. The summed E-state index contributed by atoms with van der Waals surface area (Å²) in [5.41, 5.74) is 6.49. The Kier molecular flexibility index (Phi) is 8.37. The number of rotatable bonds is 2. The van der Waals surface area contributed by atoms with Crippen LogP contribution in [0.25, 0.3) is 0 Å². The number of aromatic nitrogens is 1. The Morgan fingerprint density at radius 2 is 2.17 bits per heavy atom. The number of nitrogens with zero attached hydrogens (tertiary/aromatic N) is 1. The second-order valence-corrected chi connectivity index (χ2v) is 1.97. The summed E-state index contributed by atoms with van der Waals surface area (Å²) >= 11 is 0. The summed E-state index contributed by atoms with van der Waals surface area (Å²) in [4.78, 5) is 4.08. The number of pyridine rings is 1. The maximum atomic E-state index is 5.45. The molecular weight excluding hydrogens is 197 g/mol. The molecular formula is C7H13Cl2N3. The third-order valence-corrected chi connectivity index (χ3v) is 1.35. The van der Waals surface area contributed by atoms with Crippen LogP contribution >= 0.6 is 24.8 Å². The minimum Gasteiger partial charge on any atom is -0.373 e. The van der Waals surface area contributed by atoms with Crippen molar-refractivity contribution < 1.29 is 0 Å². The monoisotopic (exact) mass is 209 g/mol.